The van der Waals surface area contributed by atoms with Crippen LogP contribution in [0.2, 0.25) is 0 Å². The number of halogens is 2. The monoisotopic (exact) mass is 290 g/mol. The molecular weight excluding hydrogens is 271 g/mol. The predicted octanol–water partition coefficient (Wildman–Crippen LogP) is 1.23. The molecule has 19 heavy (non-hydrogen) atoms. The minimum atomic E-state index is -0.452. The number of rotatable bonds is 5. The van der Waals surface area contributed by atoms with Crippen molar-refractivity contribution in [2.24, 2.45) is 5.73 Å². The van der Waals surface area contributed by atoms with Gasteiger partial charge in [-0.15, -0.1) is 12.4 Å². The van der Waals surface area contributed by atoms with E-state index in [9.17, 15) is 4.39 Å². The van der Waals surface area contributed by atoms with Crippen molar-refractivity contribution in [3.8, 4) is 6.01 Å². The van der Waals surface area contributed by atoms with Crippen molar-refractivity contribution in [3.63, 3.8) is 0 Å². The highest BCUT2D eigenvalue weighted by Gasteiger charge is 2.15. The number of piperidine rings is 1. The minimum Gasteiger partial charge on any atom is -0.463 e. The first kappa shape index (κ1) is 16.1. The second-order valence-corrected chi connectivity index (χ2v) is 4.56. The van der Waals surface area contributed by atoms with Crippen molar-refractivity contribution in [2.75, 3.05) is 26.2 Å². The fraction of sp³-hybridized carbons (Fsp3) is 0.667. The van der Waals surface area contributed by atoms with E-state index in [0.717, 1.165) is 51.3 Å². The molecule has 1 saturated heterocycles. The van der Waals surface area contributed by atoms with Crippen LogP contribution >= 0.6 is 12.4 Å². The highest BCUT2D eigenvalue weighted by molar-refractivity contribution is 5.85. The summed E-state index contributed by atoms with van der Waals surface area (Å²) in [5.74, 6) is -0.452. The van der Waals surface area contributed by atoms with Crippen molar-refractivity contribution in [3.05, 3.63) is 18.2 Å². The maximum atomic E-state index is 12.6. The van der Waals surface area contributed by atoms with Crippen LogP contribution in [0, 0.1) is 5.82 Å². The minimum absolute atomic E-state index is 0. The number of hydrogen-bond acceptors (Lipinski definition) is 5. The van der Waals surface area contributed by atoms with Crippen molar-refractivity contribution in [2.45, 2.75) is 25.3 Å². The second kappa shape index (κ2) is 8.24. The van der Waals surface area contributed by atoms with Crippen LogP contribution in [0.5, 0.6) is 6.01 Å². The summed E-state index contributed by atoms with van der Waals surface area (Å²) in [5, 5.41) is 0. The summed E-state index contributed by atoms with van der Waals surface area (Å²) >= 11 is 0. The largest absolute Gasteiger partial charge is 0.463 e. The zero-order chi connectivity index (χ0) is 12.8. The van der Waals surface area contributed by atoms with E-state index in [4.69, 9.17) is 10.5 Å². The van der Waals surface area contributed by atoms with Gasteiger partial charge in [0, 0.05) is 12.6 Å². The lowest BCUT2D eigenvalue weighted by molar-refractivity contribution is 0.190. The van der Waals surface area contributed by atoms with E-state index in [1.54, 1.807) is 0 Å². The Morgan fingerprint density at radius 2 is 1.95 bits per heavy atom. The van der Waals surface area contributed by atoms with Gasteiger partial charge in [0.15, 0.2) is 5.82 Å². The van der Waals surface area contributed by atoms with Gasteiger partial charge in [-0.3, -0.25) is 0 Å². The van der Waals surface area contributed by atoms with E-state index in [1.807, 2.05) is 0 Å². The molecule has 0 saturated carbocycles. The van der Waals surface area contributed by atoms with Gasteiger partial charge in [0.2, 0.25) is 0 Å². The molecule has 5 nitrogen and oxygen atoms in total. The topological polar surface area (TPSA) is 64.3 Å². The Balaban J connectivity index is 0.00000180. The summed E-state index contributed by atoms with van der Waals surface area (Å²) in [6.45, 7) is 3.67. The SMILES string of the molecule is Cl.NC1CCN(CCCOc2ncc(F)cn2)CC1. The lowest BCUT2D eigenvalue weighted by Gasteiger charge is -2.29. The van der Waals surface area contributed by atoms with E-state index < -0.39 is 5.82 Å². The van der Waals surface area contributed by atoms with Crippen LogP contribution in [-0.2, 0) is 0 Å². The summed E-state index contributed by atoms with van der Waals surface area (Å²) in [4.78, 5) is 9.86. The number of hydrogen-bond donors (Lipinski definition) is 1. The molecule has 0 atom stereocenters. The normalized spacial score (nSPS) is 16.9. The van der Waals surface area contributed by atoms with E-state index >= 15 is 0 Å². The summed E-state index contributed by atoms with van der Waals surface area (Å²) in [5.41, 5.74) is 5.84. The third-order valence-electron chi connectivity index (χ3n) is 3.08. The maximum absolute atomic E-state index is 12.6. The average Bonchev–Trinajstić information content (AvgIpc) is 2.39. The number of likely N-dealkylation sites (tertiary alicyclic amines) is 1. The van der Waals surface area contributed by atoms with Crippen LogP contribution < -0.4 is 10.5 Å². The zero-order valence-electron chi connectivity index (χ0n) is 10.8. The molecule has 1 aliphatic heterocycles. The van der Waals surface area contributed by atoms with Gasteiger partial charge < -0.3 is 15.4 Å². The fourth-order valence-electron chi connectivity index (χ4n) is 2.00. The molecule has 1 fully saturated rings. The van der Waals surface area contributed by atoms with Crippen molar-refractivity contribution in [1.29, 1.82) is 0 Å². The molecule has 2 N–H and O–H groups in total. The summed E-state index contributed by atoms with van der Waals surface area (Å²) in [6, 6.07) is 0.599. The molecule has 1 aromatic heterocycles. The first-order chi connectivity index (χ1) is 8.74. The smallest absolute Gasteiger partial charge is 0.316 e. The van der Waals surface area contributed by atoms with E-state index in [0.29, 0.717) is 12.6 Å². The van der Waals surface area contributed by atoms with Crippen LogP contribution in [0.3, 0.4) is 0 Å². The number of aromatic nitrogens is 2. The van der Waals surface area contributed by atoms with Gasteiger partial charge in [-0.05, 0) is 32.4 Å². The quantitative estimate of drug-likeness (QED) is 0.827. The van der Waals surface area contributed by atoms with Crippen LogP contribution in [0.4, 0.5) is 4.39 Å². The summed E-state index contributed by atoms with van der Waals surface area (Å²) in [6.07, 6.45) is 5.27. The highest BCUT2D eigenvalue weighted by atomic mass is 35.5. The molecule has 108 valence electrons. The lowest BCUT2D eigenvalue weighted by atomic mass is 10.1. The van der Waals surface area contributed by atoms with Gasteiger partial charge in [0.1, 0.15) is 0 Å². The van der Waals surface area contributed by atoms with E-state index in [2.05, 4.69) is 14.9 Å². The van der Waals surface area contributed by atoms with Crippen molar-refractivity contribution < 1.29 is 9.13 Å². The molecule has 2 rings (SSSR count). The Kier molecular flexibility index (Phi) is 6.97. The van der Waals surface area contributed by atoms with Gasteiger partial charge in [0.05, 0.1) is 19.0 Å². The fourth-order valence-corrected chi connectivity index (χ4v) is 2.00. The van der Waals surface area contributed by atoms with Crippen LogP contribution in [0.15, 0.2) is 12.4 Å². The van der Waals surface area contributed by atoms with Gasteiger partial charge in [0.25, 0.3) is 0 Å². The van der Waals surface area contributed by atoms with Crippen LogP contribution in [0.1, 0.15) is 19.3 Å². The molecule has 7 heteroatoms. The number of nitrogens with zero attached hydrogens (tertiary/aromatic N) is 3. The highest BCUT2D eigenvalue weighted by Crippen LogP contribution is 2.08. The Morgan fingerprint density at radius 3 is 2.58 bits per heavy atom. The third-order valence-corrected chi connectivity index (χ3v) is 3.08. The van der Waals surface area contributed by atoms with Crippen LogP contribution in [0.25, 0.3) is 0 Å². The Hall–Kier alpha value is -0.980. The summed E-state index contributed by atoms with van der Waals surface area (Å²) < 4.78 is 17.9. The number of ether oxygens (including phenoxy) is 1. The van der Waals surface area contributed by atoms with Gasteiger partial charge in [-0.25, -0.2) is 14.4 Å². The molecular formula is C12H20ClFN4O. The van der Waals surface area contributed by atoms with Gasteiger partial charge >= 0.3 is 6.01 Å². The van der Waals surface area contributed by atoms with Crippen molar-refractivity contribution in [1.82, 2.24) is 14.9 Å². The molecule has 1 aliphatic rings. The first-order valence-corrected chi connectivity index (χ1v) is 6.32. The van der Waals surface area contributed by atoms with Crippen LogP contribution in [-0.4, -0.2) is 47.2 Å². The Labute approximate surface area is 118 Å². The Morgan fingerprint density at radius 1 is 1.32 bits per heavy atom. The molecule has 0 unspecified atom stereocenters. The van der Waals surface area contributed by atoms with Crippen molar-refractivity contribution >= 4 is 12.4 Å². The van der Waals surface area contributed by atoms with E-state index in [-0.39, 0.29) is 18.4 Å². The molecule has 2 heterocycles. The lowest BCUT2D eigenvalue weighted by Crippen LogP contribution is -2.40. The summed E-state index contributed by atoms with van der Waals surface area (Å²) in [7, 11) is 0. The molecule has 0 radical (unpaired) electrons. The predicted molar refractivity (Wildman–Crippen MR) is 73.0 cm³/mol. The zero-order valence-corrected chi connectivity index (χ0v) is 11.6. The molecule has 0 aromatic carbocycles. The molecule has 0 bridgehead atoms. The second-order valence-electron chi connectivity index (χ2n) is 4.56. The Bertz CT molecular complexity index is 357. The average molecular weight is 291 g/mol. The first-order valence-electron chi connectivity index (χ1n) is 6.32. The van der Waals surface area contributed by atoms with Gasteiger partial charge in [-0.1, -0.05) is 0 Å². The molecule has 0 spiro atoms. The molecule has 1 aromatic rings. The maximum Gasteiger partial charge on any atom is 0.316 e. The molecule has 0 amide bonds. The van der Waals surface area contributed by atoms with E-state index in [1.165, 1.54) is 0 Å². The standard InChI is InChI=1S/C12H19FN4O.ClH/c13-10-8-15-12(16-9-10)18-7-1-4-17-5-2-11(14)3-6-17;/h8-9,11H,1-7,14H2;1H. The molecule has 0 aliphatic carbocycles. The number of nitrogens with two attached hydrogens (primary N) is 1. The van der Waals surface area contributed by atoms with Gasteiger partial charge in [-0.2, -0.15) is 0 Å². The third kappa shape index (κ3) is 5.67.